The molecular weight excluding hydrogens is 340 g/mol. The number of aryl methyl sites for hydroxylation is 1. The first-order chi connectivity index (χ1) is 11.9. The van der Waals surface area contributed by atoms with Gasteiger partial charge in [0.2, 0.25) is 15.9 Å². The second kappa shape index (κ2) is 7.33. The number of amides is 1. The largest absolute Gasteiger partial charge is 0.494 e. The van der Waals surface area contributed by atoms with Crippen molar-refractivity contribution in [3.05, 3.63) is 23.8 Å². The van der Waals surface area contributed by atoms with Gasteiger partial charge in [-0.1, -0.05) is 0 Å². The van der Waals surface area contributed by atoms with Crippen molar-refractivity contribution in [1.82, 2.24) is 9.21 Å². The quantitative estimate of drug-likeness (QED) is 0.800. The average Bonchev–Trinajstić information content (AvgIpc) is 3.42. The van der Waals surface area contributed by atoms with Gasteiger partial charge < -0.3 is 9.64 Å². The number of benzene rings is 1. The molecule has 1 aliphatic heterocycles. The Kier molecular flexibility index (Phi) is 5.34. The van der Waals surface area contributed by atoms with Crippen molar-refractivity contribution in [2.24, 2.45) is 5.92 Å². The topological polar surface area (TPSA) is 66.9 Å². The SMILES string of the molecule is CCOc1ccc(S(=O)(=O)N2CCCN(C(=O)C3CC3)CC2)cc1C. The van der Waals surface area contributed by atoms with Gasteiger partial charge in [-0.3, -0.25) is 4.79 Å². The van der Waals surface area contributed by atoms with E-state index in [2.05, 4.69) is 0 Å². The molecule has 0 unspecified atom stereocenters. The van der Waals surface area contributed by atoms with Crippen LogP contribution in [0.4, 0.5) is 0 Å². The fraction of sp³-hybridized carbons (Fsp3) is 0.611. The second-order valence-corrected chi connectivity index (χ2v) is 8.66. The molecule has 1 heterocycles. The molecule has 1 aromatic rings. The summed E-state index contributed by atoms with van der Waals surface area (Å²) in [4.78, 5) is 14.3. The summed E-state index contributed by atoms with van der Waals surface area (Å²) in [5, 5.41) is 0. The van der Waals surface area contributed by atoms with Crippen LogP contribution < -0.4 is 4.74 Å². The normalized spacial score (nSPS) is 19.5. The molecule has 0 bridgehead atoms. The fourth-order valence-electron chi connectivity index (χ4n) is 3.19. The van der Waals surface area contributed by atoms with Crippen LogP contribution in [0.2, 0.25) is 0 Å². The van der Waals surface area contributed by atoms with Gasteiger partial charge in [-0.2, -0.15) is 4.31 Å². The predicted octanol–water partition coefficient (Wildman–Crippen LogP) is 2.03. The van der Waals surface area contributed by atoms with E-state index in [1.165, 1.54) is 4.31 Å². The summed E-state index contributed by atoms with van der Waals surface area (Å²) < 4.78 is 32.9. The highest BCUT2D eigenvalue weighted by molar-refractivity contribution is 7.89. The molecule has 138 valence electrons. The van der Waals surface area contributed by atoms with Crippen molar-refractivity contribution >= 4 is 15.9 Å². The van der Waals surface area contributed by atoms with Crippen LogP contribution in [0, 0.1) is 12.8 Å². The molecule has 0 spiro atoms. The fourth-order valence-corrected chi connectivity index (χ4v) is 4.75. The number of carbonyl (C=O) groups excluding carboxylic acids is 1. The Balaban J connectivity index is 1.73. The maximum Gasteiger partial charge on any atom is 0.243 e. The molecule has 1 amide bonds. The van der Waals surface area contributed by atoms with Crippen LogP contribution in [0.5, 0.6) is 5.75 Å². The summed E-state index contributed by atoms with van der Waals surface area (Å²) in [7, 11) is -3.55. The van der Waals surface area contributed by atoms with Gasteiger partial charge >= 0.3 is 0 Å². The third-order valence-corrected chi connectivity index (χ3v) is 6.67. The number of sulfonamides is 1. The molecule has 1 saturated carbocycles. The van der Waals surface area contributed by atoms with Gasteiger partial charge in [0, 0.05) is 32.1 Å². The lowest BCUT2D eigenvalue weighted by Crippen LogP contribution is -2.38. The molecule has 0 atom stereocenters. The zero-order valence-corrected chi connectivity index (χ0v) is 15.7. The van der Waals surface area contributed by atoms with E-state index in [1.807, 2.05) is 18.7 Å². The smallest absolute Gasteiger partial charge is 0.243 e. The lowest BCUT2D eigenvalue weighted by Gasteiger charge is -2.22. The van der Waals surface area contributed by atoms with E-state index in [4.69, 9.17) is 4.74 Å². The van der Waals surface area contributed by atoms with Gasteiger partial charge in [-0.05, 0) is 56.9 Å². The van der Waals surface area contributed by atoms with Crippen molar-refractivity contribution in [2.75, 3.05) is 32.8 Å². The Morgan fingerprint density at radius 2 is 1.96 bits per heavy atom. The summed E-state index contributed by atoms with van der Waals surface area (Å²) >= 11 is 0. The maximum atomic E-state index is 13.0. The first-order valence-electron chi connectivity index (χ1n) is 8.96. The monoisotopic (exact) mass is 366 g/mol. The predicted molar refractivity (Wildman–Crippen MR) is 95.0 cm³/mol. The van der Waals surface area contributed by atoms with Gasteiger partial charge in [0.25, 0.3) is 0 Å². The average molecular weight is 366 g/mol. The van der Waals surface area contributed by atoms with Crippen LogP contribution in [0.1, 0.15) is 31.7 Å². The van der Waals surface area contributed by atoms with E-state index in [0.717, 1.165) is 18.4 Å². The molecule has 2 aliphatic rings. The zero-order chi connectivity index (χ0) is 18.0. The molecule has 0 radical (unpaired) electrons. The number of hydrogen-bond acceptors (Lipinski definition) is 4. The summed E-state index contributed by atoms with van der Waals surface area (Å²) in [6.45, 7) is 6.22. The summed E-state index contributed by atoms with van der Waals surface area (Å²) in [6.07, 6.45) is 2.62. The summed E-state index contributed by atoms with van der Waals surface area (Å²) in [5.74, 6) is 1.08. The minimum absolute atomic E-state index is 0.178. The second-order valence-electron chi connectivity index (χ2n) is 6.72. The molecule has 25 heavy (non-hydrogen) atoms. The van der Waals surface area contributed by atoms with Crippen molar-refractivity contribution in [3.63, 3.8) is 0 Å². The molecular formula is C18H26N2O4S. The molecule has 0 N–H and O–H groups in total. The molecule has 6 nitrogen and oxygen atoms in total. The van der Waals surface area contributed by atoms with Crippen LogP contribution in [-0.2, 0) is 14.8 Å². The summed E-state index contributed by atoms with van der Waals surface area (Å²) in [6, 6.07) is 4.98. The molecule has 1 aliphatic carbocycles. The molecule has 1 aromatic carbocycles. The number of nitrogens with zero attached hydrogens (tertiary/aromatic N) is 2. The van der Waals surface area contributed by atoms with Crippen LogP contribution in [-0.4, -0.2) is 56.3 Å². The van der Waals surface area contributed by atoms with Crippen molar-refractivity contribution in [3.8, 4) is 5.75 Å². The Labute approximate surface area is 149 Å². The van der Waals surface area contributed by atoms with Crippen LogP contribution in [0.15, 0.2) is 23.1 Å². The minimum Gasteiger partial charge on any atom is -0.494 e. The standard InChI is InChI=1S/C18H26N2O4S/c1-3-24-17-8-7-16(13-14(17)2)25(22,23)20-10-4-9-19(11-12-20)18(21)15-5-6-15/h7-8,13,15H,3-6,9-12H2,1-2H3. The first-order valence-corrected chi connectivity index (χ1v) is 10.4. The Bertz CT molecular complexity index is 743. The van der Waals surface area contributed by atoms with E-state index < -0.39 is 10.0 Å². The third-order valence-electron chi connectivity index (χ3n) is 4.78. The molecule has 0 aromatic heterocycles. The van der Waals surface area contributed by atoms with E-state index in [-0.39, 0.29) is 16.7 Å². The van der Waals surface area contributed by atoms with Crippen LogP contribution in [0.3, 0.4) is 0 Å². The van der Waals surface area contributed by atoms with Crippen LogP contribution >= 0.6 is 0 Å². The lowest BCUT2D eigenvalue weighted by atomic mass is 10.2. The molecule has 7 heteroatoms. The van der Waals surface area contributed by atoms with E-state index in [9.17, 15) is 13.2 Å². The van der Waals surface area contributed by atoms with Crippen LogP contribution in [0.25, 0.3) is 0 Å². The molecule has 2 fully saturated rings. The highest BCUT2D eigenvalue weighted by atomic mass is 32.2. The Morgan fingerprint density at radius 3 is 2.60 bits per heavy atom. The van der Waals surface area contributed by atoms with Gasteiger partial charge in [0.15, 0.2) is 0 Å². The highest BCUT2D eigenvalue weighted by Gasteiger charge is 2.35. The van der Waals surface area contributed by atoms with Crippen molar-refractivity contribution in [1.29, 1.82) is 0 Å². The van der Waals surface area contributed by atoms with Gasteiger partial charge in [0.1, 0.15) is 5.75 Å². The van der Waals surface area contributed by atoms with Crippen molar-refractivity contribution in [2.45, 2.75) is 38.0 Å². The number of hydrogen-bond donors (Lipinski definition) is 0. The number of rotatable bonds is 5. The first kappa shape index (κ1) is 18.2. The molecule has 3 rings (SSSR count). The third kappa shape index (κ3) is 3.98. The van der Waals surface area contributed by atoms with E-state index in [1.54, 1.807) is 18.2 Å². The van der Waals surface area contributed by atoms with Gasteiger partial charge in [-0.25, -0.2) is 8.42 Å². The summed E-state index contributed by atoms with van der Waals surface area (Å²) in [5.41, 5.74) is 0.809. The minimum atomic E-state index is -3.55. The van der Waals surface area contributed by atoms with E-state index >= 15 is 0 Å². The Hall–Kier alpha value is -1.60. The van der Waals surface area contributed by atoms with E-state index in [0.29, 0.717) is 45.0 Å². The van der Waals surface area contributed by atoms with Gasteiger partial charge in [-0.15, -0.1) is 0 Å². The highest BCUT2D eigenvalue weighted by Crippen LogP contribution is 2.31. The Morgan fingerprint density at radius 1 is 1.20 bits per heavy atom. The van der Waals surface area contributed by atoms with Gasteiger partial charge in [0.05, 0.1) is 11.5 Å². The number of ether oxygens (including phenoxy) is 1. The zero-order valence-electron chi connectivity index (χ0n) is 14.9. The maximum absolute atomic E-state index is 13.0. The molecule has 1 saturated heterocycles. The number of carbonyl (C=O) groups is 1. The lowest BCUT2D eigenvalue weighted by molar-refractivity contribution is -0.132. The van der Waals surface area contributed by atoms with Crippen molar-refractivity contribution < 1.29 is 17.9 Å².